The molecule has 0 amide bonds. The largest absolute Gasteiger partial charge is 0.384 e. The molecule has 1 aliphatic rings. The van der Waals surface area contributed by atoms with E-state index >= 15 is 0 Å². The van der Waals surface area contributed by atoms with E-state index in [1.54, 1.807) is 31.2 Å². The molecule has 4 nitrogen and oxygen atoms in total. The molecule has 3 rings (SSSR count). The lowest BCUT2D eigenvalue weighted by Crippen LogP contribution is -2.41. The van der Waals surface area contributed by atoms with Gasteiger partial charge in [0.05, 0.1) is 10.5 Å². The Bertz CT molecular complexity index is 876. The average molecular weight is 424 g/mol. The highest BCUT2D eigenvalue weighted by Gasteiger charge is 2.28. The molecule has 1 N–H and O–H groups in total. The van der Waals surface area contributed by atoms with Crippen molar-refractivity contribution in [2.75, 3.05) is 19.3 Å². The lowest BCUT2D eigenvalue weighted by Gasteiger charge is -2.35. The minimum atomic E-state index is -3.23. The van der Waals surface area contributed by atoms with Gasteiger partial charge >= 0.3 is 0 Å². The highest BCUT2D eigenvalue weighted by atomic mass is 79.9. The van der Waals surface area contributed by atoms with Crippen LogP contribution in [0.1, 0.15) is 23.6 Å². The van der Waals surface area contributed by atoms with Crippen LogP contribution in [0.15, 0.2) is 51.8 Å². The first-order valence-electron chi connectivity index (χ1n) is 8.18. The van der Waals surface area contributed by atoms with Crippen molar-refractivity contribution < 1.29 is 13.5 Å². The van der Waals surface area contributed by atoms with Crippen LogP contribution in [0, 0.1) is 0 Å². The smallest absolute Gasteiger partial charge is 0.175 e. The standard InChI is InChI=1S/C19H22BrNO3S/c1-19(22,16-4-7-18(8-5-16)25(2,23)24)13-21-10-9-14-3-6-17(20)11-15(14)12-21/h3-8,11,22H,9-10,12-13H2,1-2H3. The van der Waals surface area contributed by atoms with Crippen LogP contribution < -0.4 is 0 Å². The van der Waals surface area contributed by atoms with Crippen molar-refractivity contribution in [1.82, 2.24) is 4.90 Å². The molecule has 0 bridgehead atoms. The molecule has 25 heavy (non-hydrogen) atoms. The highest BCUT2D eigenvalue weighted by molar-refractivity contribution is 9.10. The van der Waals surface area contributed by atoms with Crippen LogP contribution in [0.25, 0.3) is 0 Å². The van der Waals surface area contributed by atoms with Crippen LogP contribution in [-0.4, -0.2) is 37.8 Å². The molecule has 134 valence electrons. The Morgan fingerprint density at radius 1 is 1.16 bits per heavy atom. The first-order valence-corrected chi connectivity index (χ1v) is 10.9. The third-order valence-corrected chi connectivity index (χ3v) is 6.32. The summed E-state index contributed by atoms with van der Waals surface area (Å²) in [4.78, 5) is 2.50. The molecule has 0 spiro atoms. The summed E-state index contributed by atoms with van der Waals surface area (Å²) in [5.41, 5.74) is 2.32. The van der Waals surface area contributed by atoms with Gasteiger partial charge in [-0.1, -0.05) is 34.1 Å². The molecule has 2 aromatic carbocycles. The average Bonchev–Trinajstić information content (AvgIpc) is 2.53. The van der Waals surface area contributed by atoms with E-state index in [9.17, 15) is 13.5 Å². The van der Waals surface area contributed by atoms with Crippen LogP contribution in [0.2, 0.25) is 0 Å². The second-order valence-corrected chi connectivity index (χ2v) is 9.88. The summed E-state index contributed by atoms with van der Waals surface area (Å²) in [5, 5.41) is 10.9. The van der Waals surface area contributed by atoms with E-state index in [4.69, 9.17) is 0 Å². The molecule has 0 fully saturated rings. The van der Waals surface area contributed by atoms with Gasteiger partial charge in [-0.25, -0.2) is 8.42 Å². The number of aliphatic hydroxyl groups is 1. The first-order chi connectivity index (χ1) is 11.6. The van der Waals surface area contributed by atoms with Gasteiger partial charge in [0.25, 0.3) is 0 Å². The van der Waals surface area contributed by atoms with Crippen LogP contribution in [0.4, 0.5) is 0 Å². The monoisotopic (exact) mass is 423 g/mol. The topological polar surface area (TPSA) is 57.6 Å². The van der Waals surface area contributed by atoms with E-state index in [1.165, 1.54) is 17.4 Å². The number of hydrogen-bond acceptors (Lipinski definition) is 4. The van der Waals surface area contributed by atoms with Crippen molar-refractivity contribution in [3.8, 4) is 0 Å². The molecular weight excluding hydrogens is 402 g/mol. The summed E-state index contributed by atoms with van der Waals surface area (Å²) < 4.78 is 24.2. The molecule has 2 aromatic rings. The number of nitrogens with zero attached hydrogens (tertiary/aromatic N) is 1. The number of halogens is 1. The molecule has 1 atom stereocenters. The Morgan fingerprint density at radius 2 is 1.84 bits per heavy atom. The predicted octanol–water partition coefficient (Wildman–Crippen LogP) is 3.12. The van der Waals surface area contributed by atoms with Gasteiger partial charge in [0, 0.05) is 30.4 Å². The zero-order chi connectivity index (χ0) is 18.2. The summed E-state index contributed by atoms with van der Waals surface area (Å²) in [6.45, 7) is 3.97. The van der Waals surface area contributed by atoms with Gasteiger partial charge in [-0.3, -0.25) is 4.90 Å². The van der Waals surface area contributed by atoms with E-state index < -0.39 is 15.4 Å². The molecular formula is C19H22BrNO3S. The molecule has 0 saturated heterocycles. The Labute approximate surface area is 157 Å². The maximum atomic E-state index is 11.6. The van der Waals surface area contributed by atoms with Crippen LogP contribution >= 0.6 is 15.9 Å². The van der Waals surface area contributed by atoms with Gasteiger partial charge in [0.15, 0.2) is 9.84 Å². The maximum Gasteiger partial charge on any atom is 0.175 e. The lowest BCUT2D eigenvalue weighted by atomic mass is 9.93. The van der Waals surface area contributed by atoms with Crippen molar-refractivity contribution in [3.63, 3.8) is 0 Å². The molecule has 0 aromatic heterocycles. The molecule has 0 aliphatic carbocycles. The first kappa shape index (κ1) is 18.6. The van der Waals surface area contributed by atoms with Crippen LogP contribution in [0.3, 0.4) is 0 Å². The highest BCUT2D eigenvalue weighted by Crippen LogP contribution is 2.28. The third kappa shape index (κ3) is 4.31. The number of hydrogen-bond donors (Lipinski definition) is 1. The fourth-order valence-electron chi connectivity index (χ4n) is 3.31. The molecule has 1 heterocycles. The van der Waals surface area contributed by atoms with Crippen molar-refractivity contribution in [3.05, 3.63) is 63.6 Å². The third-order valence-electron chi connectivity index (χ3n) is 4.70. The minimum absolute atomic E-state index is 0.267. The van der Waals surface area contributed by atoms with E-state index in [-0.39, 0.29) is 4.90 Å². The van der Waals surface area contributed by atoms with Gasteiger partial charge in [-0.15, -0.1) is 0 Å². The SMILES string of the molecule is CC(O)(CN1CCc2ccc(Br)cc2C1)c1ccc(S(C)(=O)=O)cc1. The summed E-state index contributed by atoms with van der Waals surface area (Å²) in [6, 6.07) is 12.9. The lowest BCUT2D eigenvalue weighted by molar-refractivity contribution is 0.0117. The van der Waals surface area contributed by atoms with Crippen molar-refractivity contribution in [2.24, 2.45) is 0 Å². The van der Waals surface area contributed by atoms with E-state index in [2.05, 4.69) is 39.0 Å². The maximum absolute atomic E-state index is 11.6. The van der Waals surface area contributed by atoms with Gasteiger partial charge in [-0.2, -0.15) is 0 Å². The number of rotatable bonds is 4. The summed E-state index contributed by atoms with van der Waals surface area (Å²) in [5.74, 6) is 0. The molecule has 0 saturated carbocycles. The van der Waals surface area contributed by atoms with E-state index in [0.717, 1.165) is 29.5 Å². The van der Waals surface area contributed by atoms with Gasteiger partial charge < -0.3 is 5.11 Å². The number of sulfone groups is 1. The zero-order valence-corrected chi connectivity index (χ0v) is 16.8. The van der Waals surface area contributed by atoms with Crippen molar-refractivity contribution in [1.29, 1.82) is 0 Å². The summed E-state index contributed by atoms with van der Waals surface area (Å²) in [6.07, 6.45) is 2.15. The number of benzene rings is 2. The van der Waals surface area contributed by atoms with Crippen LogP contribution in [0.5, 0.6) is 0 Å². The molecule has 0 radical (unpaired) electrons. The second kappa shape index (κ2) is 6.83. The van der Waals surface area contributed by atoms with Gasteiger partial charge in [0.2, 0.25) is 0 Å². The quantitative estimate of drug-likeness (QED) is 0.820. The Hall–Kier alpha value is -1.21. The molecule has 1 unspecified atom stereocenters. The minimum Gasteiger partial charge on any atom is -0.384 e. The Kier molecular flexibility index (Phi) is 5.08. The van der Waals surface area contributed by atoms with Crippen LogP contribution in [-0.2, 0) is 28.4 Å². The van der Waals surface area contributed by atoms with E-state index in [0.29, 0.717) is 6.54 Å². The fourth-order valence-corrected chi connectivity index (χ4v) is 4.35. The van der Waals surface area contributed by atoms with Gasteiger partial charge in [0.1, 0.15) is 0 Å². The number of β-amino-alcohol motifs (C(OH)–C–C–N with tert-alkyl or cyclic N) is 1. The van der Waals surface area contributed by atoms with Crippen molar-refractivity contribution in [2.45, 2.75) is 30.4 Å². The Morgan fingerprint density at radius 3 is 2.48 bits per heavy atom. The second-order valence-electron chi connectivity index (χ2n) is 6.94. The van der Waals surface area contributed by atoms with Crippen molar-refractivity contribution >= 4 is 25.8 Å². The molecule has 1 aliphatic heterocycles. The summed E-state index contributed by atoms with van der Waals surface area (Å²) in [7, 11) is -3.23. The predicted molar refractivity (Wildman–Crippen MR) is 102 cm³/mol. The molecule has 6 heteroatoms. The zero-order valence-electron chi connectivity index (χ0n) is 14.4. The van der Waals surface area contributed by atoms with Gasteiger partial charge in [-0.05, 0) is 54.3 Å². The normalized spacial score (nSPS) is 17.8. The summed E-state index contributed by atoms with van der Waals surface area (Å²) >= 11 is 3.51. The van der Waals surface area contributed by atoms with E-state index in [1.807, 2.05) is 0 Å². The number of fused-ring (bicyclic) bond motifs is 1. The fraction of sp³-hybridized carbons (Fsp3) is 0.368. The Balaban J connectivity index is 1.75.